The summed E-state index contributed by atoms with van der Waals surface area (Å²) in [4.78, 5) is 11.2. The van der Waals surface area contributed by atoms with Gasteiger partial charge in [-0.05, 0) is 59.1 Å². The number of carbonyl (C=O) groups is 1. The predicted molar refractivity (Wildman–Crippen MR) is 120 cm³/mol. The van der Waals surface area contributed by atoms with Crippen LogP contribution in [0.25, 0.3) is 11.6 Å². The van der Waals surface area contributed by atoms with Crippen LogP contribution in [0.2, 0.25) is 0 Å². The maximum atomic E-state index is 11.2. The average Bonchev–Trinajstić information content (AvgIpc) is 3.12. The van der Waals surface area contributed by atoms with Gasteiger partial charge in [-0.25, -0.2) is 0 Å². The molecular formula is C26H31NO2. The number of hydrogen-bond acceptors (Lipinski definition) is 3. The van der Waals surface area contributed by atoms with E-state index in [2.05, 4.69) is 62.5 Å². The van der Waals surface area contributed by atoms with Gasteiger partial charge < -0.3 is 10.4 Å². The summed E-state index contributed by atoms with van der Waals surface area (Å²) in [5.41, 5.74) is 7.86. The fraction of sp³-hybridized carbons (Fsp3) is 0.346. The van der Waals surface area contributed by atoms with Crippen LogP contribution >= 0.6 is 0 Å². The molecule has 2 N–H and O–H groups in total. The number of hydrogen-bond donors (Lipinski definition) is 2. The molecule has 29 heavy (non-hydrogen) atoms. The number of aliphatic hydroxyl groups is 1. The highest BCUT2D eigenvalue weighted by molar-refractivity contribution is 5.94. The number of rotatable bonds is 9. The number of aliphatic hydroxyl groups excluding tert-OH is 1. The summed E-state index contributed by atoms with van der Waals surface area (Å²) in [5, 5.41) is 12.4. The van der Waals surface area contributed by atoms with Crippen molar-refractivity contribution in [2.75, 3.05) is 13.2 Å². The molecule has 0 aliphatic heterocycles. The molecule has 3 nitrogen and oxygen atoms in total. The highest BCUT2D eigenvalue weighted by Gasteiger charge is 2.24. The van der Waals surface area contributed by atoms with Crippen molar-refractivity contribution in [1.29, 1.82) is 0 Å². The largest absolute Gasteiger partial charge is 0.388 e. The lowest BCUT2D eigenvalue weighted by Crippen LogP contribution is -2.26. The van der Waals surface area contributed by atoms with Crippen LogP contribution in [-0.2, 0) is 17.8 Å². The Labute approximate surface area is 174 Å². The van der Waals surface area contributed by atoms with E-state index in [1.165, 1.54) is 33.9 Å². The molecule has 1 aliphatic rings. The Morgan fingerprint density at radius 1 is 1.17 bits per heavy atom. The lowest BCUT2D eigenvalue weighted by atomic mass is 9.85. The first kappa shape index (κ1) is 21.2. The van der Waals surface area contributed by atoms with E-state index >= 15 is 0 Å². The van der Waals surface area contributed by atoms with Crippen LogP contribution in [0.3, 0.4) is 0 Å². The van der Waals surface area contributed by atoms with Crippen LogP contribution in [0, 0.1) is 18.8 Å². The molecular weight excluding hydrogens is 358 g/mol. The van der Waals surface area contributed by atoms with E-state index in [-0.39, 0.29) is 5.78 Å². The summed E-state index contributed by atoms with van der Waals surface area (Å²) in [6, 6.07) is 15.0. The third-order valence-electron chi connectivity index (χ3n) is 5.61. The van der Waals surface area contributed by atoms with Crippen molar-refractivity contribution in [3.8, 4) is 0 Å². The Balaban J connectivity index is 1.59. The summed E-state index contributed by atoms with van der Waals surface area (Å²) in [7, 11) is 0. The molecule has 0 saturated carbocycles. The normalized spacial score (nSPS) is 14.3. The summed E-state index contributed by atoms with van der Waals surface area (Å²) in [6.07, 6.45) is 6.60. The molecule has 0 radical (unpaired) electrons. The topological polar surface area (TPSA) is 49.3 Å². The zero-order chi connectivity index (χ0) is 20.8. The van der Waals surface area contributed by atoms with Crippen molar-refractivity contribution in [2.45, 2.75) is 33.7 Å². The predicted octanol–water partition coefficient (Wildman–Crippen LogP) is 4.57. The van der Waals surface area contributed by atoms with E-state index in [4.69, 9.17) is 5.11 Å². The molecule has 1 atom stereocenters. The second-order valence-electron chi connectivity index (χ2n) is 8.20. The van der Waals surface area contributed by atoms with Crippen molar-refractivity contribution >= 4 is 17.4 Å². The molecule has 0 bridgehead atoms. The summed E-state index contributed by atoms with van der Waals surface area (Å²) in [5.74, 6) is 0.775. The molecule has 2 aromatic rings. The highest BCUT2D eigenvalue weighted by Crippen LogP contribution is 2.36. The quantitative estimate of drug-likeness (QED) is 0.618. The highest BCUT2D eigenvalue weighted by atomic mass is 16.3. The van der Waals surface area contributed by atoms with Crippen molar-refractivity contribution < 1.29 is 9.90 Å². The standard InChI is InChI=1S/C26H31NO2/c1-18(2)26(25-13-10-22-14-19(3)4-12-24(22)25)16-27-15-21-7-5-20(6-8-21)9-11-23(29)17-28/h4-9,11-14,18,26-28H,10,15-17H2,1-3H3/b11-9+. The van der Waals surface area contributed by atoms with Gasteiger partial charge in [0.25, 0.3) is 0 Å². The number of nitrogens with one attached hydrogen (secondary N) is 1. The summed E-state index contributed by atoms with van der Waals surface area (Å²) < 4.78 is 0. The van der Waals surface area contributed by atoms with Gasteiger partial charge in [0.1, 0.15) is 6.61 Å². The second-order valence-corrected chi connectivity index (χ2v) is 8.20. The molecule has 0 aromatic heterocycles. The van der Waals surface area contributed by atoms with Crippen LogP contribution < -0.4 is 5.32 Å². The fourth-order valence-corrected chi connectivity index (χ4v) is 3.92. The molecule has 0 amide bonds. The zero-order valence-corrected chi connectivity index (χ0v) is 17.6. The molecule has 1 aliphatic carbocycles. The number of fused-ring (bicyclic) bond motifs is 1. The molecule has 0 fully saturated rings. The summed E-state index contributed by atoms with van der Waals surface area (Å²) in [6.45, 7) is 8.07. The van der Waals surface area contributed by atoms with Gasteiger partial charge in [0, 0.05) is 13.1 Å². The lowest BCUT2D eigenvalue weighted by Gasteiger charge is -2.24. The van der Waals surface area contributed by atoms with E-state index in [1.54, 1.807) is 6.08 Å². The number of aryl methyl sites for hydroxylation is 1. The van der Waals surface area contributed by atoms with Gasteiger partial charge in [-0.2, -0.15) is 0 Å². The first-order valence-electron chi connectivity index (χ1n) is 10.4. The maximum Gasteiger partial charge on any atom is 0.181 e. The molecule has 152 valence electrons. The van der Waals surface area contributed by atoms with Crippen molar-refractivity contribution in [3.63, 3.8) is 0 Å². The van der Waals surface area contributed by atoms with Crippen LogP contribution in [0.1, 0.15) is 41.7 Å². The van der Waals surface area contributed by atoms with Crippen LogP contribution in [0.4, 0.5) is 0 Å². The van der Waals surface area contributed by atoms with Crippen LogP contribution in [0.5, 0.6) is 0 Å². The molecule has 3 rings (SSSR count). The Morgan fingerprint density at radius 3 is 2.62 bits per heavy atom. The Bertz CT molecular complexity index is 907. The molecule has 2 aromatic carbocycles. The van der Waals surface area contributed by atoms with Crippen LogP contribution in [0.15, 0.2) is 54.6 Å². The first-order chi connectivity index (χ1) is 14.0. The van der Waals surface area contributed by atoms with Crippen LogP contribution in [-0.4, -0.2) is 24.0 Å². The summed E-state index contributed by atoms with van der Waals surface area (Å²) >= 11 is 0. The van der Waals surface area contributed by atoms with E-state index in [0.29, 0.717) is 11.8 Å². The van der Waals surface area contributed by atoms with Gasteiger partial charge in [-0.3, -0.25) is 4.79 Å². The molecule has 0 saturated heterocycles. The van der Waals surface area contributed by atoms with E-state index in [9.17, 15) is 4.79 Å². The van der Waals surface area contributed by atoms with Gasteiger partial charge >= 0.3 is 0 Å². The third kappa shape index (κ3) is 5.53. The lowest BCUT2D eigenvalue weighted by molar-refractivity contribution is -0.117. The molecule has 0 heterocycles. The number of carbonyl (C=O) groups excluding carboxylic acids is 1. The number of allylic oxidation sites excluding steroid dienone is 1. The van der Waals surface area contributed by atoms with Gasteiger partial charge in [-0.1, -0.05) is 74.0 Å². The Kier molecular flexibility index (Phi) is 7.18. The minimum Gasteiger partial charge on any atom is -0.388 e. The molecule has 1 unspecified atom stereocenters. The van der Waals surface area contributed by atoms with Gasteiger partial charge in [0.05, 0.1) is 0 Å². The minimum absolute atomic E-state index is 0.284. The van der Waals surface area contributed by atoms with Gasteiger partial charge in [0.15, 0.2) is 5.78 Å². The zero-order valence-electron chi connectivity index (χ0n) is 17.6. The fourth-order valence-electron chi connectivity index (χ4n) is 3.92. The minimum atomic E-state index is -0.448. The number of ketones is 1. The SMILES string of the molecule is Cc1ccc2c(c1)CC=C2C(CNCc1ccc(/C=C/C(=O)CO)cc1)C(C)C. The average molecular weight is 390 g/mol. The van der Waals surface area contributed by atoms with E-state index < -0.39 is 6.61 Å². The van der Waals surface area contributed by atoms with Crippen molar-refractivity contribution in [1.82, 2.24) is 5.32 Å². The Morgan fingerprint density at radius 2 is 1.93 bits per heavy atom. The number of benzene rings is 2. The van der Waals surface area contributed by atoms with Crippen molar-refractivity contribution in [2.24, 2.45) is 11.8 Å². The van der Waals surface area contributed by atoms with Gasteiger partial charge in [0.2, 0.25) is 0 Å². The monoisotopic (exact) mass is 389 g/mol. The van der Waals surface area contributed by atoms with E-state index in [0.717, 1.165) is 25.1 Å². The van der Waals surface area contributed by atoms with Gasteiger partial charge in [-0.15, -0.1) is 0 Å². The first-order valence-corrected chi connectivity index (χ1v) is 10.4. The maximum absolute atomic E-state index is 11.2. The van der Waals surface area contributed by atoms with E-state index in [1.807, 2.05) is 12.1 Å². The Hall–Kier alpha value is -2.49. The molecule has 0 spiro atoms. The van der Waals surface area contributed by atoms with Crippen molar-refractivity contribution in [3.05, 3.63) is 82.4 Å². The smallest absolute Gasteiger partial charge is 0.181 e. The third-order valence-corrected chi connectivity index (χ3v) is 5.61. The molecule has 3 heteroatoms. The second kappa shape index (κ2) is 9.82.